The van der Waals surface area contributed by atoms with Crippen LogP contribution in [0.5, 0.6) is 0 Å². The predicted molar refractivity (Wildman–Crippen MR) is 84.7 cm³/mol. The van der Waals surface area contributed by atoms with Crippen molar-refractivity contribution in [1.82, 2.24) is 0 Å². The molecular weight excluding hydrogens is 256 g/mol. The zero-order valence-electron chi connectivity index (χ0n) is 14.1. The molecule has 0 heterocycles. The van der Waals surface area contributed by atoms with E-state index in [9.17, 15) is 5.11 Å². The Bertz CT molecular complexity index is 484. The molecule has 6 rings (SSSR count). The smallest absolute Gasteiger partial charge is 0.0487 e. The SMILES string of the molecule is CC1(CO)CCCC2(C)C1CCC1CC3(C)C4CC12CC43. The molecule has 118 valence electrons. The lowest BCUT2D eigenvalue weighted by Gasteiger charge is -2.68. The van der Waals surface area contributed by atoms with E-state index in [-0.39, 0.29) is 5.41 Å². The molecule has 1 heteroatoms. The minimum absolute atomic E-state index is 0.209. The monoisotopic (exact) mass is 288 g/mol. The Morgan fingerprint density at radius 1 is 0.952 bits per heavy atom. The number of hydrogen-bond donors (Lipinski definition) is 1. The lowest BCUT2D eigenvalue weighted by molar-refractivity contribution is -0.197. The Balaban J connectivity index is 1.59. The van der Waals surface area contributed by atoms with Crippen LogP contribution in [0, 0.1) is 45.3 Å². The highest BCUT2D eigenvalue weighted by Gasteiger charge is 2.79. The van der Waals surface area contributed by atoms with E-state index in [1.807, 2.05) is 0 Å². The quantitative estimate of drug-likeness (QED) is 0.745. The minimum atomic E-state index is 0.209. The first-order valence-electron chi connectivity index (χ1n) is 9.51. The standard InChI is InChI=1S/C20H32O/c1-17(12-21)7-4-8-19(3)16(17)6-5-13-9-18(2)14-10-20(13,19)11-15(14)18/h13-16,21H,4-12H2,1-3H3. The van der Waals surface area contributed by atoms with Crippen LogP contribution in [0.3, 0.4) is 0 Å². The van der Waals surface area contributed by atoms with Crippen molar-refractivity contribution in [3.8, 4) is 0 Å². The topological polar surface area (TPSA) is 20.2 Å². The fourth-order valence-electron chi connectivity index (χ4n) is 8.85. The molecule has 1 nitrogen and oxygen atoms in total. The van der Waals surface area contributed by atoms with Crippen LogP contribution in [0.2, 0.25) is 0 Å². The van der Waals surface area contributed by atoms with Crippen molar-refractivity contribution in [2.24, 2.45) is 45.3 Å². The number of fused-ring (bicyclic) bond motifs is 1. The first kappa shape index (κ1) is 13.4. The first-order valence-corrected chi connectivity index (χ1v) is 9.51. The summed E-state index contributed by atoms with van der Waals surface area (Å²) in [4.78, 5) is 0. The summed E-state index contributed by atoms with van der Waals surface area (Å²) in [5.74, 6) is 3.94. The molecule has 0 aromatic rings. The van der Waals surface area contributed by atoms with Gasteiger partial charge in [-0.1, -0.05) is 27.2 Å². The fourth-order valence-corrected chi connectivity index (χ4v) is 8.85. The van der Waals surface area contributed by atoms with Gasteiger partial charge in [0.1, 0.15) is 0 Å². The van der Waals surface area contributed by atoms with Crippen LogP contribution in [0.25, 0.3) is 0 Å². The molecule has 21 heavy (non-hydrogen) atoms. The summed E-state index contributed by atoms with van der Waals surface area (Å²) >= 11 is 0. The van der Waals surface area contributed by atoms with Gasteiger partial charge in [0, 0.05) is 6.61 Å². The molecule has 6 atom stereocenters. The van der Waals surface area contributed by atoms with Gasteiger partial charge in [-0.2, -0.15) is 0 Å². The van der Waals surface area contributed by atoms with E-state index in [1.165, 1.54) is 32.1 Å². The van der Waals surface area contributed by atoms with Crippen LogP contribution >= 0.6 is 0 Å². The Morgan fingerprint density at radius 3 is 2.33 bits per heavy atom. The van der Waals surface area contributed by atoms with Crippen LogP contribution in [0.4, 0.5) is 0 Å². The van der Waals surface area contributed by atoms with Gasteiger partial charge in [0.05, 0.1) is 0 Å². The maximum Gasteiger partial charge on any atom is 0.0487 e. The lowest BCUT2D eigenvalue weighted by atomic mass is 9.37. The summed E-state index contributed by atoms with van der Waals surface area (Å²) in [6, 6.07) is 0. The molecule has 0 aromatic heterocycles. The van der Waals surface area contributed by atoms with E-state index in [0.717, 1.165) is 29.1 Å². The van der Waals surface area contributed by atoms with Crippen LogP contribution < -0.4 is 0 Å². The van der Waals surface area contributed by atoms with Gasteiger partial charge >= 0.3 is 0 Å². The van der Waals surface area contributed by atoms with Crippen LogP contribution in [0.15, 0.2) is 0 Å². The molecule has 0 amide bonds. The van der Waals surface area contributed by atoms with Crippen molar-refractivity contribution >= 4 is 0 Å². The maximum atomic E-state index is 10.1. The third kappa shape index (κ3) is 1.24. The summed E-state index contributed by atoms with van der Waals surface area (Å²) < 4.78 is 0. The molecule has 1 N–H and O–H groups in total. The third-order valence-corrected chi connectivity index (χ3v) is 10.1. The average Bonchev–Trinajstić information content (AvgIpc) is 2.83. The summed E-state index contributed by atoms with van der Waals surface area (Å²) in [7, 11) is 0. The van der Waals surface area contributed by atoms with Gasteiger partial charge in [-0.25, -0.2) is 0 Å². The lowest BCUT2D eigenvalue weighted by Crippen LogP contribution is -2.61. The summed E-state index contributed by atoms with van der Waals surface area (Å²) in [6.45, 7) is 8.07. The second-order valence-electron chi connectivity index (χ2n) is 10.4. The number of aliphatic hydroxyl groups is 1. The molecule has 6 fully saturated rings. The molecule has 6 unspecified atom stereocenters. The highest BCUT2D eigenvalue weighted by atomic mass is 16.3. The molecular formula is C20H32O. The van der Waals surface area contributed by atoms with Crippen molar-refractivity contribution in [3.63, 3.8) is 0 Å². The largest absolute Gasteiger partial charge is 0.396 e. The Labute approximate surface area is 129 Å². The molecule has 0 aliphatic heterocycles. The minimum Gasteiger partial charge on any atom is -0.396 e. The molecule has 0 aromatic carbocycles. The van der Waals surface area contributed by atoms with Crippen molar-refractivity contribution in [1.29, 1.82) is 0 Å². The van der Waals surface area contributed by atoms with Gasteiger partial charge in [-0.3, -0.25) is 0 Å². The zero-order valence-corrected chi connectivity index (χ0v) is 14.1. The first-order chi connectivity index (χ1) is 9.90. The maximum absolute atomic E-state index is 10.1. The highest BCUT2D eigenvalue weighted by Crippen LogP contribution is 2.86. The van der Waals surface area contributed by atoms with Crippen molar-refractivity contribution in [3.05, 3.63) is 0 Å². The molecule has 6 aliphatic carbocycles. The fraction of sp³-hybridized carbons (Fsp3) is 1.00. The van der Waals surface area contributed by atoms with Crippen molar-refractivity contribution in [2.45, 2.75) is 72.1 Å². The van der Waals surface area contributed by atoms with Crippen LogP contribution in [0.1, 0.15) is 72.1 Å². The van der Waals surface area contributed by atoms with Gasteiger partial charge in [0.25, 0.3) is 0 Å². The number of rotatable bonds is 1. The predicted octanol–water partition coefficient (Wildman–Crippen LogP) is 4.64. The molecule has 0 saturated heterocycles. The van der Waals surface area contributed by atoms with E-state index < -0.39 is 0 Å². The zero-order chi connectivity index (χ0) is 14.7. The van der Waals surface area contributed by atoms with Crippen LogP contribution in [-0.4, -0.2) is 11.7 Å². The number of hydrogen-bond acceptors (Lipinski definition) is 1. The summed E-state index contributed by atoms with van der Waals surface area (Å²) in [6.07, 6.45) is 11.6. The van der Waals surface area contributed by atoms with E-state index in [0.29, 0.717) is 17.4 Å². The van der Waals surface area contributed by atoms with Gasteiger partial charge in [0.15, 0.2) is 0 Å². The summed E-state index contributed by atoms with van der Waals surface area (Å²) in [5.41, 5.74) is 2.16. The highest BCUT2D eigenvalue weighted by molar-refractivity contribution is 5.28. The van der Waals surface area contributed by atoms with Crippen molar-refractivity contribution < 1.29 is 5.11 Å². The van der Waals surface area contributed by atoms with Gasteiger partial charge in [-0.15, -0.1) is 0 Å². The third-order valence-electron chi connectivity index (χ3n) is 10.1. The Morgan fingerprint density at radius 2 is 1.67 bits per heavy atom. The molecule has 0 radical (unpaired) electrons. The van der Waals surface area contributed by atoms with E-state index in [2.05, 4.69) is 20.8 Å². The van der Waals surface area contributed by atoms with Crippen molar-refractivity contribution in [2.75, 3.05) is 6.61 Å². The Hall–Kier alpha value is -0.0400. The molecule has 6 aliphatic rings. The molecule has 1 spiro atoms. The van der Waals surface area contributed by atoms with Gasteiger partial charge < -0.3 is 5.11 Å². The number of aliphatic hydroxyl groups excluding tert-OH is 1. The van der Waals surface area contributed by atoms with Gasteiger partial charge in [0.2, 0.25) is 0 Å². The van der Waals surface area contributed by atoms with E-state index >= 15 is 0 Å². The molecule has 6 saturated carbocycles. The van der Waals surface area contributed by atoms with E-state index in [1.54, 1.807) is 19.3 Å². The molecule has 4 bridgehead atoms. The Kier molecular flexibility index (Phi) is 2.27. The second-order valence-corrected chi connectivity index (χ2v) is 10.4. The second kappa shape index (κ2) is 3.55. The summed E-state index contributed by atoms with van der Waals surface area (Å²) in [5, 5.41) is 10.1. The van der Waals surface area contributed by atoms with Gasteiger partial charge in [-0.05, 0) is 90.3 Å². The van der Waals surface area contributed by atoms with Crippen LogP contribution in [-0.2, 0) is 0 Å². The van der Waals surface area contributed by atoms with E-state index in [4.69, 9.17) is 0 Å². The average molecular weight is 288 g/mol. The normalized spacial score (nSPS) is 67.4.